The second-order valence-corrected chi connectivity index (χ2v) is 1.16. The summed E-state index contributed by atoms with van der Waals surface area (Å²) in [6.07, 6.45) is -0.171. The van der Waals surface area contributed by atoms with Gasteiger partial charge in [0.15, 0.2) is 0 Å². The highest BCUT2D eigenvalue weighted by Crippen LogP contribution is 1.72. The van der Waals surface area contributed by atoms with Crippen LogP contribution in [-0.2, 0) is 4.74 Å². The van der Waals surface area contributed by atoms with Crippen LogP contribution in [0.5, 0.6) is 0 Å². The zero-order valence-electron chi connectivity index (χ0n) is 3.31. The number of rotatable bonds is 0. The highest BCUT2D eigenvalue weighted by atomic mass is 16.6. The van der Waals surface area contributed by atoms with Crippen LogP contribution in [0.2, 0.25) is 0 Å². The van der Waals surface area contributed by atoms with E-state index in [1.165, 1.54) is 0 Å². The molecule has 0 radical (unpaired) electrons. The van der Waals surface area contributed by atoms with E-state index in [9.17, 15) is 4.79 Å². The number of hydrogen-bond acceptors (Lipinski definition) is 2. The molecule has 0 atom stereocenters. The van der Waals surface area contributed by atoms with Crippen LogP contribution < -0.4 is 5.32 Å². The molecule has 34 valence electrons. The number of amides is 1. The number of ether oxygens (including phenoxy) is 1. The second kappa shape index (κ2) is 1.26. The van der Waals surface area contributed by atoms with Gasteiger partial charge in [0.2, 0.25) is 0 Å². The Balaban J connectivity index is 2.37. The van der Waals surface area contributed by atoms with Crippen LogP contribution in [0.15, 0.2) is 0 Å². The molecule has 0 aromatic rings. The first-order valence-electron chi connectivity index (χ1n) is 1.89. The van der Waals surface area contributed by atoms with Crippen LogP contribution >= 0.6 is 0 Å². The summed E-state index contributed by atoms with van der Waals surface area (Å²) in [6, 6.07) is 0. The molecule has 1 rings (SSSR count). The molecule has 1 aliphatic heterocycles. The van der Waals surface area contributed by atoms with Crippen molar-refractivity contribution < 1.29 is 14.8 Å². The van der Waals surface area contributed by atoms with Crippen LogP contribution in [-0.4, -0.2) is 19.2 Å². The number of carbonyl (C=O) groups is 1. The third-order valence-corrected chi connectivity index (χ3v) is 0.673. The highest BCUT2D eigenvalue weighted by molar-refractivity contribution is 5.56. The molecule has 3 heteroatoms. The van der Waals surface area contributed by atoms with Crippen molar-refractivity contribution in [3.63, 3.8) is 0 Å². The SMILES string of the molecule is O=C1[NH2+]CCO1. The molecule has 2 N–H and O–H groups in total. The largest absolute Gasteiger partial charge is 0.512 e. The Hall–Kier alpha value is -0.570. The maximum absolute atomic E-state index is 9.97. The Morgan fingerprint density at radius 2 is 2.67 bits per heavy atom. The maximum atomic E-state index is 9.97. The molecular weight excluding hydrogens is 82.0 g/mol. The molecule has 1 heterocycles. The summed E-state index contributed by atoms with van der Waals surface area (Å²) in [7, 11) is 0. The minimum atomic E-state index is -0.171. The van der Waals surface area contributed by atoms with Gasteiger partial charge in [0.05, 0.1) is 0 Å². The van der Waals surface area contributed by atoms with Crippen molar-refractivity contribution >= 4 is 6.09 Å². The van der Waals surface area contributed by atoms with Gasteiger partial charge in [-0.05, 0) is 0 Å². The van der Waals surface area contributed by atoms with Gasteiger partial charge >= 0.3 is 6.09 Å². The molecule has 1 amide bonds. The third kappa shape index (κ3) is 0.490. The number of cyclic esters (lactones) is 1. The molecule has 3 nitrogen and oxygen atoms in total. The monoisotopic (exact) mass is 88.0 g/mol. The lowest BCUT2D eigenvalue weighted by atomic mass is 10.7. The van der Waals surface area contributed by atoms with E-state index in [1.807, 2.05) is 0 Å². The Bertz CT molecular complexity index is 63.2. The van der Waals surface area contributed by atoms with Crippen molar-refractivity contribution in [1.82, 2.24) is 0 Å². The zero-order chi connectivity index (χ0) is 4.41. The summed E-state index contributed by atoms with van der Waals surface area (Å²) in [5, 5.41) is 1.54. The van der Waals surface area contributed by atoms with Crippen LogP contribution in [0, 0.1) is 0 Å². The van der Waals surface area contributed by atoms with Gasteiger partial charge in [-0.1, -0.05) is 0 Å². The Morgan fingerprint density at radius 3 is 2.83 bits per heavy atom. The predicted octanol–water partition coefficient (Wildman–Crippen LogP) is -1.30. The predicted molar refractivity (Wildman–Crippen MR) is 18.1 cm³/mol. The van der Waals surface area contributed by atoms with E-state index in [0.717, 1.165) is 6.54 Å². The Labute approximate surface area is 35.3 Å². The molecule has 0 spiro atoms. The fraction of sp³-hybridized carbons (Fsp3) is 0.667. The Morgan fingerprint density at radius 1 is 1.83 bits per heavy atom. The lowest BCUT2D eigenvalue weighted by Crippen LogP contribution is -2.84. The van der Waals surface area contributed by atoms with Crippen LogP contribution in [0.25, 0.3) is 0 Å². The van der Waals surface area contributed by atoms with Crippen molar-refractivity contribution in [2.24, 2.45) is 0 Å². The molecular formula is C3H6NO2+. The average Bonchev–Trinajstić information content (AvgIpc) is 1.86. The molecule has 1 fully saturated rings. The maximum Gasteiger partial charge on any atom is 0.512 e. The number of primary amides is 1. The number of nitrogens with two attached hydrogens (primary N) is 1. The molecule has 6 heavy (non-hydrogen) atoms. The third-order valence-electron chi connectivity index (χ3n) is 0.673. The average molecular weight is 88.1 g/mol. The lowest BCUT2D eigenvalue weighted by molar-refractivity contribution is -0.542. The molecule has 0 aromatic carbocycles. The van der Waals surface area contributed by atoms with Crippen molar-refractivity contribution in [2.45, 2.75) is 0 Å². The molecule has 0 bridgehead atoms. The molecule has 0 aliphatic carbocycles. The summed E-state index contributed by atoms with van der Waals surface area (Å²) >= 11 is 0. The Kier molecular flexibility index (Phi) is 0.759. The van der Waals surface area contributed by atoms with E-state index >= 15 is 0 Å². The summed E-state index contributed by atoms with van der Waals surface area (Å²) in [5.74, 6) is 0. The van der Waals surface area contributed by atoms with E-state index in [-0.39, 0.29) is 6.09 Å². The summed E-state index contributed by atoms with van der Waals surface area (Å²) in [6.45, 7) is 1.37. The van der Waals surface area contributed by atoms with Crippen LogP contribution in [0.3, 0.4) is 0 Å². The van der Waals surface area contributed by atoms with Crippen LogP contribution in [0.1, 0.15) is 0 Å². The van der Waals surface area contributed by atoms with E-state index in [1.54, 1.807) is 5.32 Å². The standard InChI is InChI=1S/C3H5NO2/c5-3-4-1-2-6-3/h1-2H2,(H,4,5)/p+1. The molecule has 0 saturated carbocycles. The minimum Gasteiger partial charge on any atom is -0.414 e. The smallest absolute Gasteiger partial charge is 0.414 e. The van der Waals surface area contributed by atoms with Gasteiger partial charge in [0.1, 0.15) is 13.2 Å². The van der Waals surface area contributed by atoms with Gasteiger partial charge in [-0.15, -0.1) is 0 Å². The van der Waals surface area contributed by atoms with E-state index in [4.69, 9.17) is 0 Å². The van der Waals surface area contributed by atoms with Crippen molar-refractivity contribution in [1.29, 1.82) is 0 Å². The van der Waals surface area contributed by atoms with E-state index < -0.39 is 0 Å². The molecule has 1 saturated heterocycles. The van der Waals surface area contributed by atoms with Gasteiger partial charge in [-0.25, -0.2) is 5.32 Å². The topological polar surface area (TPSA) is 42.9 Å². The number of quaternary nitrogens is 1. The summed E-state index contributed by atoms with van der Waals surface area (Å²) in [5.41, 5.74) is 0. The van der Waals surface area contributed by atoms with Crippen molar-refractivity contribution in [3.05, 3.63) is 0 Å². The molecule has 1 aliphatic rings. The van der Waals surface area contributed by atoms with E-state index in [2.05, 4.69) is 4.74 Å². The van der Waals surface area contributed by atoms with Crippen molar-refractivity contribution in [3.8, 4) is 0 Å². The first kappa shape index (κ1) is 3.61. The summed E-state index contributed by atoms with van der Waals surface area (Å²) in [4.78, 5) is 9.97. The first-order valence-corrected chi connectivity index (χ1v) is 1.89. The number of carbonyl (C=O) groups excluding carboxylic acids is 1. The second-order valence-electron chi connectivity index (χ2n) is 1.16. The minimum absolute atomic E-state index is 0.171. The summed E-state index contributed by atoms with van der Waals surface area (Å²) < 4.78 is 4.46. The lowest BCUT2D eigenvalue weighted by Gasteiger charge is -1.74. The normalized spacial score (nSPS) is 21.0. The fourth-order valence-corrected chi connectivity index (χ4v) is 0.395. The molecule has 0 unspecified atom stereocenters. The van der Waals surface area contributed by atoms with E-state index in [0.29, 0.717) is 6.61 Å². The first-order chi connectivity index (χ1) is 2.89. The zero-order valence-corrected chi connectivity index (χ0v) is 3.31. The van der Waals surface area contributed by atoms with Gasteiger partial charge < -0.3 is 4.74 Å². The van der Waals surface area contributed by atoms with Gasteiger partial charge in [0, 0.05) is 0 Å². The van der Waals surface area contributed by atoms with Crippen molar-refractivity contribution in [2.75, 3.05) is 13.2 Å². The van der Waals surface area contributed by atoms with Gasteiger partial charge in [0.25, 0.3) is 0 Å². The van der Waals surface area contributed by atoms with Gasteiger partial charge in [-0.3, -0.25) is 0 Å². The number of hydrogen-bond donors (Lipinski definition) is 1. The molecule has 0 aromatic heterocycles. The van der Waals surface area contributed by atoms with Gasteiger partial charge in [-0.2, -0.15) is 4.79 Å². The highest BCUT2D eigenvalue weighted by Gasteiger charge is 2.12. The van der Waals surface area contributed by atoms with Crippen LogP contribution in [0.4, 0.5) is 4.79 Å². The quantitative estimate of drug-likeness (QED) is 0.400. The fourth-order valence-electron chi connectivity index (χ4n) is 0.395.